The van der Waals surface area contributed by atoms with Crippen LogP contribution in [-0.2, 0) is 11.2 Å². The second kappa shape index (κ2) is 6.60. The predicted octanol–water partition coefficient (Wildman–Crippen LogP) is 1.69. The van der Waals surface area contributed by atoms with Gasteiger partial charge in [0.15, 0.2) is 5.82 Å². The smallest absolute Gasteiger partial charge is 0.227 e. The molecule has 0 amide bonds. The lowest BCUT2D eigenvalue weighted by molar-refractivity contribution is 0.155. The van der Waals surface area contributed by atoms with Gasteiger partial charge in [-0.2, -0.15) is 4.98 Å². The molecule has 0 aliphatic rings. The highest BCUT2D eigenvalue weighted by Crippen LogP contribution is 2.14. The Labute approximate surface area is 96.4 Å². The normalized spacial score (nSPS) is 15.0. The fourth-order valence-electron chi connectivity index (χ4n) is 1.58. The summed E-state index contributed by atoms with van der Waals surface area (Å²) in [4.78, 5) is 4.29. The lowest BCUT2D eigenvalue weighted by Crippen LogP contribution is -2.12. The van der Waals surface area contributed by atoms with Crippen LogP contribution in [0.3, 0.4) is 0 Å². The van der Waals surface area contributed by atoms with Gasteiger partial charge in [0.1, 0.15) is 0 Å². The molecule has 1 aromatic heterocycles. The van der Waals surface area contributed by atoms with Crippen molar-refractivity contribution < 1.29 is 9.26 Å². The molecule has 2 N–H and O–H groups in total. The van der Waals surface area contributed by atoms with E-state index in [1.165, 1.54) is 0 Å². The number of methoxy groups -OCH3 is 1. The van der Waals surface area contributed by atoms with Gasteiger partial charge >= 0.3 is 0 Å². The minimum atomic E-state index is -0.111. The van der Waals surface area contributed by atoms with E-state index in [2.05, 4.69) is 24.0 Å². The summed E-state index contributed by atoms with van der Waals surface area (Å²) < 4.78 is 10.2. The van der Waals surface area contributed by atoms with Crippen LogP contribution >= 0.6 is 0 Å². The molecule has 0 bridgehead atoms. The van der Waals surface area contributed by atoms with Gasteiger partial charge in [-0.05, 0) is 12.3 Å². The molecule has 0 aliphatic carbocycles. The molecule has 2 unspecified atom stereocenters. The van der Waals surface area contributed by atoms with Crippen LogP contribution in [0, 0.1) is 5.92 Å². The van der Waals surface area contributed by atoms with Crippen molar-refractivity contribution in [1.82, 2.24) is 10.1 Å². The molecule has 0 aliphatic heterocycles. The summed E-state index contributed by atoms with van der Waals surface area (Å²) in [6.07, 6.45) is 2.64. The second-order valence-corrected chi connectivity index (χ2v) is 4.21. The summed E-state index contributed by atoms with van der Waals surface area (Å²) in [6.45, 7) is 4.86. The Morgan fingerprint density at radius 2 is 2.25 bits per heavy atom. The lowest BCUT2D eigenvalue weighted by atomic mass is 10.1. The summed E-state index contributed by atoms with van der Waals surface area (Å²) >= 11 is 0. The quantitative estimate of drug-likeness (QED) is 0.767. The number of rotatable bonds is 7. The van der Waals surface area contributed by atoms with Gasteiger partial charge in [-0.15, -0.1) is 0 Å². The van der Waals surface area contributed by atoms with Crippen LogP contribution in [-0.4, -0.2) is 23.9 Å². The van der Waals surface area contributed by atoms with Crippen molar-refractivity contribution in [3.05, 3.63) is 11.7 Å². The molecule has 16 heavy (non-hydrogen) atoms. The topological polar surface area (TPSA) is 74.2 Å². The first-order valence-corrected chi connectivity index (χ1v) is 5.74. The molecular formula is C11H21N3O2. The Morgan fingerprint density at radius 3 is 2.88 bits per heavy atom. The molecule has 0 fully saturated rings. The first-order valence-electron chi connectivity index (χ1n) is 5.74. The predicted molar refractivity (Wildman–Crippen MR) is 60.9 cm³/mol. The molecule has 1 heterocycles. The first-order chi connectivity index (χ1) is 7.67. The summed E-state index contributed by atoms with van der Waals surface area (Å²) in [5.74, 6) is 1.63. The van der Waals surface area contributed by atoms with Gasteiger partial charge in [0.2, 0.25) is 5.89 Å². The monoisotopic (exact) mass is 227 g/mol. The van der Waals surface area contributed by atoms with E-state index in [4.69, 9.17) is 15.0 Å². The highest BCUT2D eigenvalue weighted by atomic mass is 16.5. The second-order valence-electron chi connectivity index (χ2n) is 4.21. The van der Waals surface area contributed by atoms with Crippen LogP contribution in [0.1, 0.15) is 44.4 Å². The maximum absolute atomic E-state index is 5.90. The molecule has 92 valence electrons. The molecule has 5 nitrogen and oxygen atoms in total. The van der Waals surface area contributed by atoms with E-state index in [1.807, 2.05) is 0 Å². The summed E-state index contributed by atoms with van der Waals surface area (Å²) in [6, 6.07) is -0.111. The van der Waals surface area contributed by atoms with Gasteiger partial charge in [-0.1, -0.05) is 25.4 Å². The van der Waals surface area contributed by atoms with Crippen molar-refractivity contribution in [2.45, 2.75) is 39.2 Å². The van der Waals surface area contributed by atoms with Crippen LogP contribution in [0.25, 0.3) is 0 Å². The first kappa shape index (κ1) is 13.1. The zero-order valence-corrected chi connectivity index (χ0v) is 10.3. The van der Waals surface area contributed by atoms with Gasteiger partial charge < -0.3 is 15.0 Å². The molecule has 0 saturated heterocycles. The number of nitrogens with zero attached hydrogens (tertiary/aromatic N) is 2. The van der Waals surface area contributed by atoms with Gasteiger partial charge in [0, 0.05) is 20.1 Å². The van der Waals surface area contributed by atoms with E-state index in [0.29, 0.717) is 24.2 Å². The number of hydrogen-bond acceptors (Lipinski definition) is 5. The van der Waals surface area contributed by atoms with Crippen LogP contribution in [0.2, 0.25) is 0 Å². The highest BCUT2D eigenvalue weighted by molar-refractivity contribution is 4.93. The molecule has 1 rings (SSSR count). The fourth-order valence-corrected chi connectivity index (χ4v) is 1.58. The molecule has 0 saturated carbocycles. The molecule has 2 atom stereocenters. The zero-order chi connectivity index (χ0) is 12.0. The maximum atomic E-state index is 5.90. The van der Waals surface area contributed by atoms with Gasteiger partial charge in [0.25, 0.3) is 0 Å². The molecule has 0 aromatic carbocycles. The average molecular weight is 227 g/mol. The third kappa shape index (κ3) is 3.90. The summed E-state index contributed by atoms with van der Waals surface area (Å²) in [7, 11) is 1.69. The largest absolute Gasteiger partial charge is 0.384 e. The molecule has 1 aromatic rings. The minimum absolute atomic E-state index is 0.111. The van der Waals surface area contributed by atoms with Crippen molar-refractivity contribution in [3.63, 3.8) is 0 Å². The standard InChI is InChI=1S/C11H21N3O2/c1-4-5-9(12)11-13-10(16-14-11)6-8(2)7-15-3/h8-9H,4-7,12H2,1-3H3. The highest BCUT2D eigenvalue weighted by Gasteiger charge is 2.15. The Bertz CT molecular complexity index is 301. The maximum Gasteiger partial charge on any atom is 0.227 e. The molecule has 0 spiro atoms. The summed E-state index contributed by atoms with van der Waals surface area (Å²) in [5.41, 5.74) is 5.90. The van der Waals surface area contributed by atoms with Crippen LogP contribution in [0.5, 0.6) is 0 Å². The van der Waals surface area contributed by atoms with Gasteiger partial charge in [0.05, 0.1) is 6.04 Å². The molecule has 0 radical (unpaired) electrons. The summed E-state index contributed by atoms with van der Waals surface area (Å²) in [5, 5.41) is 3.90. The third-order valence-corrected chi connectivity index (χ3v) is 2.39. The number of nitrogens with two attached hydrogens (primary N) is 1. The van der Waals surface area contributed by atoms with E-state index in [9.17, 15) is 0 Å². The van der Waals surface area contributed by atoms with Crippen molar-refractivity contribution in [3.8, 4) is 0 Å². The van der Waals surface area contributed by atoms with Crippen molar-refractivity contribution in [2.75, 3.05) is 13.7 Å². The van der Waals surface area contributed by atoms with Gasteiger partial charge in [-0.3, -0.25) is 0 Å². The Morgan fingerprint density at radius 1 is 1.50 bits per heavy atom. The number of aromatic nitrogens is 2. The van der Waals surface area contributed by atoms with Gasteiger partial charge in [-0.25, -0.2) is 0 Å². The Kier molecular flexibility index (Phi) is 5.42. The number of ether oxygens (including phenoxy) is 1. The van der Waals surface area contributed by atoms with Crippen LogP contribution in [0.4, 0.5) is 0 Å². The van der Waals surface area contributed by atoms with E-state index < -0.39 is 0 Å². The van der Waals surface area contributed by atoms with E-state index in [0.717, 1.165) is 19.3 Å². The van der Waals surface area contributed by atoms with Crippen molar-refractivity contribution in [1.29, 1.82) is 0 Å². The van der Waals surface area contributed by atoms with E-state index >= 15 is 0 Å². The zero-order valence-electron chi connectivity index (χ0n) is 10.3. The third-order valence-electron chi connectivity index (χ3n) is 2.39. The SMILES string of the molecule is CCCC(N)c1noc(CC(C)COC)n1. The van der Waals surface area contributed by atoms with Crippen LogP contribution in [0.15, 0.2) is 4.52 Å². The van der Waals surface area contributed by atoms with E-state index in [-0.39, 0.29) is 6.04 Å². The Balaban J connectivity index is 2.50. The van der Waals surface area contributed by atoms with E-state index in [1.54, 1.807) is 7.11 Å². The minimum Gasteiger partial charge on any atom is -0.384 e. The van der Waals surface area contributed by atoms with Crippen molar-refractivity contribution in [2.24, 2.45) is 11.7 Å². The lowest BCUT2D eigenvalue weighted by Gasteiger charge is -2.05. The average Bonchev–Trinajstić information content (AvgIpc) is 2.67. The van der Waals surface area contributed by atoms with Crippen LogP contribution < -0.4 is 5.73 Å². The number of hydrogen-bond donors (Lipinski definition) is 1. The fraction of sp³-hybridized carbons (Fsp3) is 0.818. The Hall–Kier alpha value is -0.940. The van der Waals surface area contributed by atoms with Crippen molar-refractivity contribution >= 4 is 0 Å². The molecular weight excluding hydrogens is 206 g/mol. The molecule has 5 heteroatoms.